The van der Waals surface area contributed by atoms with Crippen LogP contribution in [0.3, 0.4) is 0 Å². The predicted octanol–water partition coefficient (Wildman–Crippen LogP) is 2.86. The number of amides is 1. The van der Waals surface area contributed by atoms with Gasteiger partial charge in [-0.15, -0.1) is 0 Å². The molecule has 8 heteroatoms. The average molecular weight is 334 g/mol. The lowest BCUT2D eigenvalue weighted by Gasteiger charge is -2.21. The third kappa shape index (κ3) is 3.92. The van der Waals surface area contributed by atoms with Gasteiger partial charge in [0.25, 0.3) is 5.91 Å². The summed E-state index contributed by atoms with van der Waals surface area (Å²) in [6.45, 7) is 1.46. The molecule has 1 aromatic heterocycles. The number of carbonyl (C=O) groups is 2. The molecule has 1 amide bonds. The van der Waals surface area contributed by atoms with Crippen LogP contribution in [0.2, 0.25) is 0 Å². The van der Waals surface area contributed by atoms with E-state index in [1.54, 1.807) is 31.3 Å². The van der Waals surface area contributed by atoms with Crippen molar-refractivity contribution >= 4 is 33.9 Å². The van der Waals surface area contributed by atoms with E-state index in [1.165, 1.54) is 24.0 Å². The maximum atomic E-state index is 12.3. The van der Waals surface area contributed by atoms with Gasteiger partial charge in [-0.3, -0.25) is 14.9 Å². The summed E-state index contributed by atoms with van der Waals surface area (Å²) in [4.78, 5) is 35.7. The lowest BCUT2D eigenvalue weighted by molar-refractivity contribution is -0.380. The fraction of sp³-hybridized carbons (Fsp3) is 0.200. The molecule has 0 radical (unpaired) electrons. The van der Waals surface area contributed by atoms with Crippen molar-refractivity contribution in [2.75, 3.05) is 11.9 Å². The van der Waals surface area contributed by atoms with Crippen LogP contribution in [0.1, 0.15) is 16.6 Å². The highest BCUT2D eigenvalue weighted by Crippen LogP contribution is 2.25. The number of esters is 1. The first-order chi connectivity index (χ1) is 10.9. The second kappa shape index (κ2) is 7.01. The molecule has 0 saturated heterocycles. The van der Waals surface area contributed by atoms with Crippen LogP contribution < -0.4 is 4.90 Å². The first kappa shape index (κ1) is 16.6. The van der Waals surface area contributed by atoms with E-state index in [1.807, 2.05) is 6.07 Å². The van der Waals surface area contributed by atoms with Gasteiger partial charge >= 0.3 is 11.0 Å². The molecule has 0 saturated carbocycles. The van der Waals surface area contributed by atoms with E-state index >= 15 is 0 Å². The Morgan fingerprint density at radius 1 is 1.22 bits per heavy atom. The molecule has 0 N–H and O–H groups in total. The smallest absolute Gasteiger partial charge is 0.349 e. The van der Waals surface area contributed by atoms with E-state index in [-0.39, 0.29) is 9.88 Å². The minimum atomic E-state index is -1.01. The first-order valence-electron chi connectivity index (χ1n) is 6.68. The van der Waals surface area contributed by atoms with Crippen molar-refractivity contribution < 1.29 is 19.2 Å². The van der Waals surface area contributed by atoms with Gasteiger partial charge in [-0.2, -0.15) is 0 Å². The molecule has 23 heavy (non-hydrogen) atoms. The van der Waals surface area contributed by atoms with E-state index in [0.717, 1.165) is 0 Å². The second-order valence-electron chi connectivity index (χ2n) is 4.68. The zero-order valence-corrected chi connectivity index (χ0v) is 13.3. The fourth-order valence-corrected chi connectivity index (χ4v) is 2.56. The van der Waals surface area contributed by atoms with Gasteiger partial charge in [0.1, 0.15) is 4.88 Å². The van der Waals surface area contributed by atoms with Crippen LogP contribution in [-0.2, 0) is 9.53 Å². The van der Waals surface area contributed by atoms with E-state index in [0.29, 0.717) is 17.0 Å². The van der Waals surface area contributed by atoms with Crippen molar-refractivity contribution in [3.05, 3.63) is 57.5 Å². The maximum absolute atomic E-state index is 12.3. The van der Waals surface area contributed by atoms with Crippen LogP contribution >= 0.6 is 11.3 Å². The second-order valence-corrected chi connectivity index (χ2v) is 5.74. The van der Waals surface area contributed by atoms with Crippen molar-refractivity contribution in [3.63, 3.8) is 0 Å². The van der Waals surface area contributed by atoms with Crippen LogP contribution in [-0.4, -0.2) is 30.0 Å². The molecule has 0 fully saturated rings. The molecular formula is C15H14N2O5S. The number of carbonyl (C=O) groups excluding carboxylic acids is 2. The standard InChI is InChI=1S/C15H14N2O5S/c1-10(14(18)16(2)11-6-4-3-5-7-11)22-15(19)12-8-9-13(23-12)17(20)21/h3-10H,1-2H3/t10-/m0/s1. The van der Waals surface area contributed by atoms with E-state index < -0.39 is 22.9 Å². The number of hydrogen-bond acceptors (Lipinski definition) is 6. The molecular weight excluding hydrogens is 320 g/mol. The van der Waals surface area contributed by atoms with E-state index in [9.17, 15) is 19.7 Å². The molecule has 2 rings (SSSR count). The average Bonchev–Trinajstić information content (AvgIpc) is 3.04. The highest BCUT2D eigenvalue weighted by atomic mass is 32.1. The monoisotopic (exact) mass is 334 g/mol. The Balaban J connectivity index is 2.02. The molecule has 2 aromatic rings. The lowest BCUT2D eigenvalue weighted by Crippen LogP contribution is -2.37. The number of anilines is 1. The summed E-state index contributed by atoms with van der Waals surface area (Å²) in [6.07, 6.45) is -1.01. The number of nitro groups is 1. The summed E-state index contributed by atoms with van der Waals surface area (Å²) in [5.74, 6) is -1.15. The number of nitrogens with zero attached hydrogens (tertiary/aromatic N) is 2. The molecule has 1 atom stereocenters. The number of para-hydroxylation sites is 1. The Kier molecular flexibility index (Phi) is 5.07. The number of hydrogen-bond donors (Lipinski definition) is 0. The highest BCUT2D eigenvalue weighted by Gasteiger charge is 2.24. The van der Waals surface area contributed by atoms with Gasteiger partial charge in [0, 0.05) is 18.8 Å². The fourth-order valence-electron chi connectivity index (χ4n) is 1.86. The molecule has 0 aliphatic rings. The minimum absolute atomic E-state index is 0.0821. The Morgan fingerprint density at radius 2 is 1.87 bits per heavy atom. The molecule has 0 unspecified atom stereocenters. The van der Waals surface area contributed by atoms with Crippen molar-refractivity contribution in [1.29, 1.82) is 0 Å². The molecule has 7 nitrogen and oxygen atoms in total. The number of rotatable bonds is 5. The van der Waals surface area contributed by atoms with Gasteiger partial charge < -0.3 is 9.64 Å². The zero-order chi connectivity index (χ0) is 17.0. The van der Waals surface area contributed by atoms with E-state index in [2.05, 4.69) is 0 Å². The van der Waals surface area contributed by atoms with E-state index in [4.69, 9.17) is 4.74 Å². The van der Waals surface area contributed by atoms with Crippen LogP contribution in [0.25, 0.3) is 0 Å². The van der Waals surface area contributed by atoms with Crippen molar-refractivity contribution in [2.24, 2.45) is 0 Å². The van der Waals surface area contributed by atoms with Crippen molar-refractivity contribution in [2.45, 2.75) is 13.0 Å². The minimum Gasteiger partial charge on any atom is -0.448 e. The van der Waals surface area contributed by atoms with Gasteiger partial charge in [0.2, 0.25) is 0 Å². The molecule has 0 spiro atoms. The Hall–Kier alpha value is -2.74. The summed E-state index contributed by atoms with van der Waals surface area (Å²) in [7, 11) is 1.58. The van der Waals surface area contributed by atoms with Gasteiger partial charge in [0.15, 0.2) is 6.10 Å². The van der Waals surface area contributed by atoms with Crippen molar-refractivity contribution in [3.8, 4) is 0 Å². The highest BCUT2D eigenvalue weighted by molar-refractivity contribution is 7.17. The van der Waals surface area contributed by atoms with Crippen LogP contribution in [0.4, 0.5) is 10.7 Å². The number of thiophene rings is 1. The van der Waals surface area contributed by atoms with Crippen molar-refractivity contribution in [1.82, 2.24) is 0 Å². The molecule has 0 bridgehead atoms. The van der Waals surface area contributed by atoms with Crippen LogP contribution in [0.15, 0.2) is 42.5 Å². The molecule has 120 valence electrons. The van der Waals surface area contributed by atoms with Gasteiger partial charge in [-0.1, -0.05) is 29.5 Å². The summed E-state index contributed by atoms with van der Waals surface area (Å²) >= 11 is 0.709. The SMILES string of the molecule is C[C@H](OC(=O)c1ccc([N+](=O)[O-])s1)C(=O)N(C)c1ccccc1. The normalized spacial score (nSPS) is 11.6. The van der Waals surface area contributed by atoms with Crippen LogP contribution in [0.5, 0.6) is 0 Å². The largest absolute Gasteiger partial charge is 0.448 e. The van der Waals surface area contributed by atoms with Gasteiger partial charge in [0.05, 0.1) is 4.92 Å². The Labute approximate surface area is 136 Å². The molecule has 0 aliphatic heterocycles. The maximum Gasteiger partial charge on any atom is 0.349 e. The number of likely N-dealkylation sites (N-methyl/N-ethyl adjacent to an activating group) is 1. The first-order valence-corrected chi connectivity index (χ1v) is 7.49. The predicted molar refractivity (Wildman–Crippen MR) is 85.7 cm³/mol. The summed E-state index contributed by atoms with van der Waals surface area (Å²) in [5, 5.41) is 10.5. The third-order valence-corrected chi connectivity index (χ3v) is 4.10. The number of benzene rings is 1. The zero-order valence-electron chi connectivity index (χ0n) is 12.5. The summed E-state index contributed by atoms with van der Waals surface area (Å²) in [6, 6.07) is 11.5. The Morgan fingerprint density at radius 3 is 2.43 bits per heavy atom. The van der Waals surface area contributed by atoms with Gasteiger partial charge in [-0.25, -0.2) is 4.79 Å². The topological polar surface area (TPSA) is 89.7 Å². The van der Waals surface area contributed by atoms with Crippen LogP contribution in [0, 0.1) is 10.1 Å². The molecule has 1 heterocycles. The van der Waals surface area contributed by atoms with Gasteiger partial charge in [-0.05, 0) is 25.1 Å². The Bertz CT molecular complexity index is 728. The third-order valence-electron chi connectivity index (χ3n) is 3.08. The lowest BCUT2D eigenvalue weighted by atomic mass is 10.2. The molecule has 0 aliphatic carbocycles. The number of ether oxygens (including phenoxy) is 1. The molecule has 1 aromatic carbocycles. The quantitative estimate of drug-likeness (QED) is 0.476. The summed E-state index contributed by atoms with van der Waals surface area (Å²) < 4.78 is 5.09. The summed E-state index contributed by atoms with van der Waals surface area (Å²) in [5.41, 5.74) is 0.673.